The van der Waals surface area contributed by atoms with Gasteiger partial charge in [0.1, 0.15) is 12.4 Å². The lowest BCUT2D eigenvalue weighted by molar-refractivity contribution is -0.0318. The van der Waals surface area contributed by atoms with Crippen molar-refractivity contribution >= 4 is 5.91 Å². The Labute approximate surface area is 102 Å². The maximum absolute atomic E-state index is 10.9. The summed E-state index contributed by atoms with van der Waals surface area (Å²) in [5, 5.41) is 33.2. The molecule has 2 saturated carbocycles. The van der Waals surface area contributed by atoms with Crippen LogP contribution in [0.3, 0.4) is 0 Å². The molecule has 2 aliphatic rings. The van der Waals surface area contributed by atoms with Gasteiger partial charge in [-0.15, -0.1) is 5.10 Å². The fourth-order valence-electron chi connectivity index (χ4n) is 3.06. The number of rotatable bonds is 3. The number of nitrogens with zero attached hydrogens (tertiary/aromatic N) is 3. The predicted molar refractivity (Wildman–Crippen MR) is 57.2 cm³/mol. The summed E-state index contributed by atoms with van der Waals surface area (Å²) in [5.41, 5.74) is 4.42. The molecule has 1 unspecified atom stereocenters. The quantitative estimate of drug-likeness (QED) is 0.477. The van der Waals surface area contributed by atoms with E-state index in [1.165, 1.54) is 11.0 Å². The molecule has 8 heteroatoms. The largest absolute Gasteiger partial charge is 0.396 e. The summed E-state index contributed by atoms with van der Waals surface area (Å²) in [7, 11) is 0. The zero-order chi connectivity index (χ0) is 13.1. The molecule has 1 aromatic heterocycles. The first-order valence-electron chi connectivity index (χ1n) is 5.69. The van der Waals surface area contributed by atoms with Gasteiger partial charge in [-0.05, 0) is 12.3 Å². The van der Waals surface area contributed by atoms with Gasteiger partial charge in [-0.25, -0.2) is 9.67 Å². The number of carbonyl (C=O) groups is 1. The zero-order valence-corrected chi connectivity index (χ0v) is 9.47. The third kappa shape index (κ3) is 1.27. The smallest absolute Gasteiger partial charge is 0.288 e. The number of aliphatic hydroxyl groups excluding tert-OH is 3. The van der Waals surface area contributed by atoms with Gasteiger partial charge in [-0.2, -0.15) is 0 Å². The molecule has 1 heterocycles. The van der Waals surface area contributed by atoms with E-state index in [9.17, 15) is 20.1 Å². The lowest BCUT2D eigenvalue weighted by atomic mass is 10.0. The Morgan fingerprint density at radius 3 is 2.83 bits per heavy atom. The monoisotopic (exact) mass is 254 g/mol. The van der Waals surface area contributed by atoms with Crippen LogP contribution in [0.15, 0.2) is 6.33 Å². The third-order valence-electron chi connectivity index (χ3n) is 4.18. The molecule has 0 aromatic carbocycles. The standard InChI is InChI=1S/C10H14N4O4/c11-8(18)9-12-3-14(13-9)5-4-1-10(4,2-15)7(17)6(5)16/h3-7,15-17H,1-2H2,(H2,11,18)/t4-,5-,6-,7?,10+/m1/s1. The molecule has 5 atom stereocenters. The van der Waals surface area contributed by atoms with Gasteiger partial charge >= 0.3 is 0 Å². The highest BCUT2D eigenvalue weighted by molar-refractivity contribution is 5.88. The molecule has 2 fully saturated rings. The van der Waals surface area contributed by atoms with Crippen molar-refractivity contribution in [2.45, 2.75) is 24.7 Å². The molecule has 0 spiro atoms. The van der Waals surface area contributed by atoms with Crippen LogP contribution in [0.2, 0.25) is 0 Å². The summed E-state index contributed by atoms with van der Waals surface area (Å²) in [5.74, 6) is -0.931. The van der Waals surface area contributed by atoms with E-state index in [2.05, 4.69) is 10.1 Å². The second-order valence-corrected chi connectivity index (χ2v) is 5.04. The first-order chi connectivity index (χ1) is 8.51. The molecule has 0 bridgehead atoms. The van der Waals surface area contributed by atoms with E-state index in [0.717, 1.165) is 0 Å². The van der Waals surface area contributed by atoms with Crippen LogP contribution < -0.4 is 5.73 Å². The second kappa shape index (κ2) is 3.50. The fraction of sp³-hybridized carbons (Fsp3) is 0.700. The van der Waals surface area contributed by atoms with Crippen molar-refractivity contribution in [3.05, 3.63) is 12.2 Å². The van der Waals surface area contributed by atoms with Gasteiger partial charge in [-0.3, -0.25) is 4.79 Å². The van der Waals surface area contributed by atoms with Crippen LogP contribution >= 0.6 is 0 Å². The number of primary amides is 1. The summed E-state index contributed by atoms with van der Waals surface area (Å²) in [6, 6.07) is -0.479. The van der Waals surface area contributed by atoms with E-state index in [1.807, 2.05) is 0 Å². The van der Waals surface area contributed by atoms with Gasteiger partial charge in [0.2, 0.25) is 5.82 Å². The SMILES string of the molecule is NC(=O)c1ncn([C@@H]2[C@H]3C[C@@]3(CO)C(O)[C@@H]2O)n1. The van der Waals surface area contributed by atoms with Crippen LogP contribution in [0.4, 0.5) is 0 Å². The molecular formula is C10H14N4O4. The Balaban J connectivity index is 1.91. The topological polar surface area (TPSA) is 134 Å². The highest BCUT2D eigenvalue weighted by Crippen LogP contribution is 2.67. The average molecular weight is 254 g/mol. The molecule has 0 radical (unpaired) electrons. The molecule has 98 valence electrons. The maximum atomic E-state index is 10.9. The molecule has 3 rings (SSSR count). The van der Waals surface area contributed by atoms with E-state index in [4.69, 9.17) is 5.73 Å². The van der Waals surface area contributed by atoms with Crippen LogP contribution in [0.5, 0.6) is 0 Å². The first-order valence-corrected chi connectivity index (χ1v) is 5.69. The maximum Gasteiger partial charge on any atom is 0.288 e. The number of nitrogens with two attached hydrogens (primary N) is 1. The van der Waals surface area contributed by atoms with Crippen molar-refractivity contribution in [2.75, 3.05) is 6.61 Å². The molecule has 18 heavy (non-hydrogen) atoms. The van der Waals surface area contributed by atoms with E-state index in [-0.39, 0.29) is 18.3 Å². The van der Waals surface area contributed by atoms with Crippen molar-refractivity contribution < 1.29 is 20.1 Å². The van der Waals surface area contributed by atoms with Crippen LogP contribution in [-0.4, -0.2) is 54.8 Å². The van der Waals surface area contributed by atoms with E-state index in [0.29, 0.717) is 6.42 Å². The Morgan fingerprint density at radius 2 is 2.33 bits per heavy atom. The number of carbonyl (C=O) groups excluding carboxylic acids is 1. The summed E-state index contributed by atoms with van der Waals surface area (Å²) >= 11 is 0. The van der Waals surface area contributed by atoms with E-state index >= 15 is 0 Å². The van der Waals surface area contributed by atoms with Crippen molar-refractivity contribution in [3.8, 4) is 0 Å². The predicted octanol–water partition coefficient (Wildman–Crippen LogP) is -2.35. The van der Waals surface area contributed by atoms with Gasteiger partial charge in [0.15, 0.2) is 0 Å². The Kier molecular flexibility index (Phi) is 2.25. The van der Waals surface area contributed by atoms with Crippen molar-refractivity contribution in [2.24, 2.45) is 17.1 Å². The van der Waals surface area contributed by atoms with Gasteiger partial charge in [-0.1, -0.05) is 0 Å². The molecule has 1 aromatic rings. The minimum Gasteiger partial charge on any atom is -0.396 e. The Hall–Kier alpha value is -1.51. The minimum atomic E-state index is -1.03. The van der Waals surface area contributed by atoms with E-state index < -0.39 is 29.6 Å². The first kappa shape index (κ1) is 11.6. The summed E-state index contributed by atoms with van der Waals surface area (Å²) in [4.78, 5) is 14.7. The number of hydrogen-bond acceptors (Lipinski definition) is 6. The lowest BCUT2D eigenvalue weighted by Crippen LogP contribution is -2.35. The molecular weight excluding hydrogens is 240 g/mol. The number of fused-ring (bicyclic) bond motifs is 1. The molecule has 5 N–H and O–H groups in total. The molecule has 8 nitrogen and oxygen atoms in total. The van der Waals surface area contributed by atoms with Gasteiger partial charge in [0.05, 0.1) is 18.8 Å². The van der Waals surface area contributed by atoms with Crippen molar-refractivity contribution in [1.82, 2.24) is 14.8 Å². The Bertz CT molecular complexity index is 504. The van der Waals surface area contributed by atoms with Crippen LogP contribution in [0, 0.1) is 11.3 Å². The molecule has 1 amide bonds. The van der Waals surface area contributed by atoms with Gasteiger partial charge in [0, 0.05) is 5.41 Å². The number of amides is 1. The van der Waals surface area contributed by atoms with Crippen LogP contribution in [0.1, 0.15) is 23.1 Å². The van der Waals surface area contributed by atoms with Gasteiger partial charge in [0.25, 0.3) is 5.91 Å². The van der Waals surface area contributed by atoms with Crippen molar-refractivity contribution in [3.63, 3.8) is 0 Å². The molecule has 0 saturated heterocycles. The number of aromatic nitrogens is 3. The normalized spacial score (nSPS) is 41.7. The highest BCUT2D eigenvalue weighted by atomic mass is 16.3. The lowest BCUT2D eigenvalue weighted by Gasteiger charge is -2.22. The summed E-state index contributed by atoms with van der Waals surface area (Å²) < 4.78 is 1.35. The fourth-order valence-corrected chi connectivity index (χ4v) is 3.06. The zero-order valence-electron chi connectivity index (χ0n) is 9.47. The highest BCUT2D eigenvalue weighted by Gasteiger charge is 2.71. The van der Waals surface area contributed by atoms with Gasteiger partial charge < -0.3 is 21.1 Å². The molecule has 2 aliphatic carbocycles. The summed E-state index contributed by atoms with van der Waals surface area (Å²) in [6.45, 7) is -0.177. The number of hydrogen-bond donors (Lipinski definition) is 4. The third-order valence-corrected chi connectivity index (χ3v) is 4.18. The van der Waals surface area contributed by atoms with Crippen LogP contribution in [0.25, 0.3) is 0 Å². The second-order valence-electron chi connectivity index (χ2n) is 5.04. The number of aliphatic hydroxyl groups is 3. The average Bonchev–Trinajstić information content (AvgIpc) is 2.76. The van der Waals surface area contributed by atoms with Crippen LogP contribution in [-0.2, 0) is 0 Å². The summed E-state index contributed by atoms with van der Waals surface area (Å²) in [6.07, 6.45) is -0.0815. The minimum absolute atomic E-state index is 0.0603. The Morgan fingerprint density at radius 1 is 1.61 bits per heavy atom. The molecule has 0 aliphatic heterocycles. The van der Waals surface area contributed by atoms with Crippen molar-refractivity contribution in [1.29, 1.82) is 0 Å². The van der Waals surface area contributed by atoms with E-state index in [1.54, 1.807) is 0 Å².